The number of nitrogens with two attached hydrogens (primary N) is 1. The largest absolute Gasteiger partial charge is 0.369 e. The summed E-state index contributed by atoms with van der Waals surface area (Å²) in [6.45, 7) is 2.31. The molecule has 2 aromatic heterocycles. The maximum Gasteiger partial charge on any atom is 0.270 e. The smallest absolute Gasteiger partial charge is 0.270 e. The van der Waals surface area contributed by atoms with Crippen molar-refractivity contribution in [2.75, 3.05) is 13.6 Å². The molecule has 1 aliphatic rings. The summed E-state index contributed by atoms with van der Waals surface area (Å²) in [5.74, 6) is 4.56. The Bertz CT molecular complexity index is 1190. The Labute approximate surface area is 164 Å². The van der Waals surface area contributed by atoms with Crippen LogP contribution in [-0.4, -0.2) is 55.8 Å². The number of aliphatic hydroxyl groups is 1. The molecule has 2 amide bonds. The summed E-state index contributed by atoms with van der Waals surface area (Å²) < 4.78 is 2.18. The van der Waals surface area contributed by atoms with E-state index in [4.69, 9.17) is 5.73 Å². The van der Waals surface area contributed by atoms with Gasteiger partial charge in [-0.2, -0.15) is 5.10 Å². The summed E-state index contributed by atoms with van der Waals surface area (Å²) in [5, 5.41) is 15.5. The van der Waals surface area contributed by atoms with Gasteiger partial charge in [-0.25, -0.2) is 9.67 Å². The van der Waals surface area contributed by atoms with Crippen molar-refractivity contribution in [2.45, 2.75) is 18.9 Å². The number of amides is 2. The molecule has 8 nitrogen and oxygen atoms in total. The minimum Gasteiger partial charge on any atom is -0.369 e. The highest BCUT2D eigenvalue weighted by Crippen LogP contribution is 2.27. The van der Waals surface area contributed by atoms with E-state index in [9.17, 15) is 14.7 Å². The standard InChI is InChI=1S/C19H17N5O3S/c1-11-21-17-15(28-11)14(16(20)25)22-24(17)13-5-3-4-12(10-13)6-7-19(27)8-9-23(2)18(19)26/h3-5,10,27H,8-9H2,1-2H3,(H2,20,25)/t19-/m0/s1. The van der Waals surface area contributed by atoms with Crippen LogP contribution in [-0.2, 0) is 4.79 Å². The van der Waals surface area contributed by atoms with E-state index < -0.39 is 17.4 Å². The van der Waals surface area contributed by atoms with Crippen LogP contribution in [0.25, 0.3) is 16.0 Å². The number of benzene rings is 1. The first-order valence-corrected chi connectivity index (χ1v) is 9.38. The zero-order valence-electron chi connectivity index (χ0n) is 15.3. The number of carbonyl (C=O) groups is 2. The molecule has 3 N–H and O–H groups in total. The lowest BCUT2D eigenvalue weighted by molar-refractivity contribution is -0.137. The number of fused-ring (bicyclic) bond motifs is 1. The Balaban J connectivity index is 1.75. The van der Waals surface area contributed by atoms with Gasteiger partial charge in [0.15, 0.2) is 11.3 Å². The zero-order valence-corrected chi connectivity index (χ0v) is 16.1. The monoisotopic (exact) mass is 395 g/mol. The van der Waals surface area contributed by atoms with E-state index >= 15 is 0 Å². The van der Waals surface area contributed by atoms with E-state index in [2.05, 4.69) is 21.9 Å². The first kappa shape index (κ1) is 18.2. The van der Waals surface area contributed by atoms with Gasteiger partial charge in [0, 0.05) is 25.6 Å². The summed E-state index contributed by atoms with van der Waals surface area (Å²) in [5.41, 5.74) is 5.76. The number of hydrogen-bond donors (Lipinski definition) is 2. The quantitative estimate of drug-likeness (QED) is 0.624. The third kappa shape index (κ3) is 2.93. The number of primary amides is 1. The second kappa shape index (κ2) is 6.44. The Morgan fingerprint density at radius 3 is 2.89 bits per heavy atom. The number of aromatic nitrogens is 3. The van der Waals surface area contributed by atoms with Gasteiger partial charge in [-0.1, -0.05) is 17.9 Å². The summed E-state index contributed by atoms with van der Waals surface area (Å²) >= 11 is 1.36. The van der Waals surface area contributed by atoms with Crippen LogP contribution < -0.4 is 5.73 Å². The third-order valence-corrected chi connectivity index (χ3v) is 5.55. The van der Waals surface area contributed by atoms with Crippen molar-refractivity contribution in [3.8, 4) is 17.5 Å². The van der Waals surface area contributed by atoms with Gasteiger partial charge in [-0.3, -0.25) is 9.59 Å². The van der Waals surface area contributed by atoms with Crippen LogP contribution in [0.3, 0.4) is 0 Å². The zero-order chi connectivity index (χ0) is 20.1. The molecule has 142 valence electrons. The molecule has 1 fully saturated rings. The molecule has 3 heterocycles. The molecular formula is C19H17N5O3S. The summed E-state index contributed by atoms with van der Waals surface area (Å²) in [6, 6.07) is 7.11. The molecule has 0 radical (unpaired) electrons. The highest BCUT2D eigenvalue weighted by atomic mass is 32.1. The van der Waals surface area contributed by atoms with E-state index in [1.807, 2.05) is 6.92 Å². The van der Waals surface area contributed by atoms with Crippen molar-refractivity contribution in [1.82, 2.24) is 19.7 Å². The molecule has 1 aromatic carbocycles. The maximum absolute atomic E-state index is 12.1. The fourth-order valence-corrected chi connectivity index (χ4v) is 4.00. The second-order valence-corrected chi connectivity index (χ2v) is 7.85. The first-order valence-electron chi connectivity index (χ1n) is 8.56. The molecular weight excluding hydrogens is 378 g/mol. The van der Waals surface area contributed by atoms with Crippen LogP contribution >= 0.6 is 11.3 Å². The van der Waals surface area contributed by atoms with Crippen molar-refractivity contribution >= 4 is 33.5 Å². The number of rotatable bonds is 2. The topological polar surface area (TPSA) is 114 Å². The van der Waals surface area contributed by atoms with E-state index in [1.54, 1.807) is 36.0 Å². The number of carbonyl (C=O) groups excluding carboxylic acids is 2. The lowest BCUT2D eigenvalue weighted by atomic mass is 10.0. The molecule has 0 aliphatic carbocycles. The molecule has 3 aromatic rings. The summed E-state index contributed by atoms with van der Waals surface area (Å²) in [4.78, 5) is 29.7. The van der Waals surface area contributed by atoms with Crippen molar-refractivity contribution < 1.29 is 14.7 Å². The Morgan fingerprint density at radius 2 is 2.21 bits per heavy atom. The Hall–Kier alpha value is -3.22. The van der Waals surface area contributed by atoms with Gasteiger partial charge in [-0.05, 0) is 25.1 Å². The molecule has 0 spiro atoms. The van der Waals surface area contributed by atoms with Crippen LogP contribution in [0.2, 0.25) is 0 Å². The minimum absolute atomic E-state index is 0.172. The van der Waals surface area contributed by atoms with Crippen molar-refractivity contribution in [3.63, 3.8) is 0 Å². The van der Waals surface area contributed by atoms with Gasteiger partial charge < -0.3 is 15.7 Å². The minimum atomic E-state index is -1.66. The number of likely N-dealkylation sites (tertiary alicyclic amines) is 1. The fraction of sp³-hybridized carbons (Fsp3) is 0.263. The first-order chi connectivity index (χ1) is 13.3. The lowest BCUT2D eigenvalue weighted by Gasteiger charge is -2.13. The SMILES string of the molecule is Cc1nc2c(s1)c(C(N)=O)nn2-c1cccc(C#C[C@]2(O)CCN(C)C2=O)c1. The molecule has 1 saturated heterocycles. The fourth-order valence-electron chi connectivity index (χ4n) is 3.11. The number of thiazole rings is 1. The van der Waals surface area contributed by atoms with E-state index in [0.29, 0.717) is 28.1 Å². The maximum atomic E-state index is 12.1. The average Bonchev–Trinajstić information content (AvgIpc) is 3.28. The predicted octanol–water partition coefficient (Wildman–Crippen LogP) is 0.834. The van der Waals surface area contributed by atoms with Gasteiger partial charge in [0.25, 0.3) is 11.8 Å². The van der Waals surface area contributed by atoms with Crippen LogP contribution in [0.5, 0.6) is 0 Å². The molecule has 4 rings (SSSR count). The molecule has 28 heavy (non-hydrogen) atoms. The molecule has 0 unspecified atom stereocenters. The van der Waals surface area contributed by atoms with Gasteiger partial charge in [-0.15, -0.1) is 11.3 Å². The summed E-state index contributed by atoms with van der Waals surface area (Å²) in [7, 11) is 1.64. The number of aryl methyl sites for hydroxylation is 1. The number of likely N-dealkylation sites (N-methyl/N-ethyl adjacent to an activating group) is 1. The van der Waals surface area contributed by atoms with E-state index in [-0.39, 0.29) is 12.1 Å². The molecule has 1 atom stereocenters. The average molecular weight is 395 g/mol. The lowest BCUT2D eigenvalue weighted by Crippen LogP contribution is -2.37. The summed E-state index contributed by atoms with van der Waals surface area (Å²) in [6.07, 6.45) is 0.273. The molecule has 0 saturated carbocycles. The van der Waals surface area contributed by atoms with E-state index in [1.165, 1.54) is 16.2 Å². The molecule has 1 aliphatic heterocycles. The van der Waals surface area contributed by atoms with E-state index in [0.717, 1.165) is 5.01 Å². The van der Waals surface area contributed by atoms with Gasteiger partial charge >= 0.3 is 0 Å². The highest BCUT2D eigenvalue weighted by molar-refractivity contribution is 7.18. The third-order valence-electron chi connectivity index (χ3n) is 4.58. The molecule has 0 bridgehead atoms. The molecule has 9 heteroatoms. The van der Waals surface area contributed by atoms with Gasteiger partial charge in [0.1, 0.15) is 4.70 Å². The highest BCUT2D eigenvalue weighted by Gasteiger charge is 2.42. The number of nitrogens with zero attached hydrogens (tertiary/aromatic N) is 4. The van der Waals surface area contributed by atoms with Gasteiger partial charge in [0.05, 0.1) is 10.7 Å². The Kier molecular flexibility index (Phi) is 4.18. The van der Waals surface area contributed by atoms with Crippen molar-refractivity contribution in [2.24, 2.45) is 5.73 Å². The number of hydrogen-bond acceptors (Lipinski definition) is 6. The van der Waals surface area contributed by atoms with Crippen LogP contribution in [0, 0.1) is 18.8 Å². The van der Waals surface area contributed by atoms with Crippen LogP contribution in [0.15, 0.2) is 24.3 Å². The predicted molar refractivity (Wildman–Crippen MR) is 104 cm³/mol. The van der Waals surface area contributed by atoms with Gasteiger partial charge in [0.2, 0.25) is 5.60 Å². The van der Waals surface area contributed by atoms with Crippen molar-refractivity contribution in [1.29, 1.82) is 0 Å². The second-order valence-electron chi connectivity index (χ2n) is 6.65. The van der Waals surface area contributed by atoms with Crippen LogP contribution in [0.1, 0.15) is 27.5 Å². The van der Waals surface area contributed by atoms with Crippen molar-refractivity contribution in [3.05, 3.63) is 40.5 Å². The Morgan fingerprint density at radius 1 is 1.43 bits per heavy atom. The van der Waals surface area contributed by atoms with Crippen LogP contribution in [0.4, 0.5) is 0 Å². The normalized spacial score (nSPS) is 19.1.